The lowest BCUT2D eigenvalue weighted by molar-refractivity contribution is -0.174. The molecule has 0 aromatic carbocycles. The molecule has 13 rings (SSSR count). The smallest absolute Gasteiger partial charge is 0.164 e. The molecule has 80 heavy (non-hydrogen) atoms. The lowest BCUT2D eigenvalue weighted by Gasteiger charge is -2.25. The summed E-state index contributed by atoms with van der Waals surface area (Å²) in [7, 11) is 0. The van der Waals surface area contributed by atoms with Gasteiger partial charge in [-0.05, 0) is 159 Å². The molecule has 20 nitrogen and oxygen atoms in total. The quantitative estimate of drug-likeness (QED) is 0.148. The van der Waals surface area contributed by atoms with Crippen molar-refractivity contribution < 1.29 is 75.8 Å². The van der Waals surface area contributed by atoms with Crippen LogP contribution in [0.4, 0.5) is 0 Å². The zero-order chi connectivity index (χ0) is 56.5. The van der Waals surface area contributed by atoms with Crippen LogP contribution >= 0.6 is 0 Å². The highest BCUT2D eigenvalue weighted by Crippen LogP contribution is 2.51. The van der Waals surface area contributed by atoms with Gasteiger partial charge >= 0.3 is 0 Å². The van der Waals surface area contributed by atoms with Gasteiger partial charge in [0.25, 0.3) is 0 Å². The molecule has 8 fully saturated rings. The Kier molecular flexibility index (Phi) is 12.9. The van der Waals surface area contributed by atoms with E-state index < -0.39 is 120 Å². The largest absolute Gasteiger partial charge is 0.355 e. The molecular formula is C60H78N4O16. The van der Waals surface area contributed by atoms with Gasteiger partial charge in [-0.2, -0.15) is 0 Å². The summed E-state index contributed by atoms with van der Waals surface area (Å²) in [4.78, 5) is 19.0. The molecule has 0 radical (unpaired) electrons. The predicted molar refractivity (Wildman–Crippen MR) is 290 cm³/mol. The molecule has 0 amide bonds. The van der Waals surface area contributed by atoms with Gasteiger partial charge < -0.3 is 85.8 Å². The van der Waals surface area contributed by atoms with Crippen LogP contribution in [0.1, 0.15) is 180 Å². The summed E-state index contributed by atoms with van der Waals surface area (Å²) in [5.41, 5.74) is 8.27. The van der Waals surface area contributed by atoms with Gasteiger partial charge in [0.05, 0.1) is 49.2 Å². The highest BCUT2D eigenvalue weighted by atomic mass is 16.8. The second-order valence-electron chi connectivity index (χ2n) is 26.2. The molecule has 12 atom stereocenters. The van der Waals surface area contributed by atoms with Gasteiger partial charge in [-0.3, -0.25) is 0 Å². The van der Waals surface area contributed by atoms with Crippen LogP contribution in [0, 0.1) is 0 Å². The van der Waals surface area contributed by atoms with Crippen LogP contribution in [-0.4, -0.2) is 141 Å². The van der Waals surface area contributed by atoms with E-state index >= 15 is 0 Å². The molecule has 0 aliphatic carbocycles. The van der Waals surface area contributed by atoms with Crippen molar-refractivity contribution in [3.05, 3.63) is 69.3 Å². The minimum Gasteiger partial charge on any atom is -0.355 e. The molecule has 2 N–H and O–H groups in total. The summed E-state index contributed by atoms with van der Waals surface area (Å²) < 4.78 is 107. The molecule has 8 saturated heterocycles. The Morgan fingerprint density at radius 3 is 0.700 bits per heavy atom. The van der Waals surface area contributed by atoms with Gasteiger partial charge in [0.1, 0.15) is 73.2 Å². The van der Waals surface area contributed by atoms with E-state index in [9.17, 15) is 0 Å². The van der Waals surface area contributed by atoms with E-state index in [1.54, 1.807) is 0 Å². The summed E-state index contributed by atoms with van der Waals surface area (Å²) >= 11 is 0. The molecule has 3 aromatic heterocycles. The monoisotopic (exact) mass is 1110 g/mol. The highest BCUT2D eigenvalue weighted by Gasteiger charge is 2.56. The third-order valence-corrected chi connectivity index (χ3v) is 16.2. The van der Waals surface area contributed by atoms with Gasteiger partial charge in [-0.25, -0.2) is 9.97 Å². The van der Waals surface area contributed by atoms with Crippen molar-refractivity contribution in [3.63, 3.8) is 0 Å². The maximum absolute atomic E-state index is 7.04. The van der Waals surface area contributed by atoms with Gasteiger partial charge in [-0.15, -0.1) is 0 Å². The van der Waals surface area contributed by atoms with Crippen molar-refractivity contribution in [3.8, 4) is 0 Å². The van der Waals surface area contributed by atoms with Crippen molar-refractivity contribution in [1.29, 1.82) is 0 Å². The van der Waals surface area contributed by atoms with E-state index in [4.69, 9.17) is 85.8 Å². The fourth-order valence-corrected chi connectivity index (χ4v) is 13.1. The number of nitrogens with zero attached hydrogens (tertiary/aromatic N) is 2. The number of aromatic amines is 2. The van der Waals surface area contributed by atoms with E-state index in [-0.39, 0.29) is 0 Å². The topological polar surface area (TPSA) is 205 Å². The lowest BCUT2D eigenvalue weighted by Crippen LogP contribution is -2.35. The molecule has 10 aliphatic rings. The van der Waals surface area contributed by atoms with Crippen LogP contribution in [0.3, 0.4) is 0 Å². The molecule has 10 aliphatic heterocycles. The summed E-state index contributed by atoms with van der Waals surface area (Å²) in [6.07, 6.45) is 0.781. The zero-order valence-corrected chi connectivity index (χ0v) is 48.8. The van der Waals surface area contributed by atoms with E-state index in [0.29, 0.717) is 71.3 Å². The van der Waals surface area contributed by atoms with Crippen molar-refractivity contribution in [2.24, 2.45) is 0 Å². The Morgan fingerprint density at radius 1 is 0.300 bits per heavy atom. The average molecular weight is 1110 g/mol. The van der Waals surface area contributed by atoms with Crippen LogP contribution in [0.15, 0.2) is 24.3 Å². The zero-order valence-electron chi connectivity index (χ0n) is 48.8. The Morgan fingerprint density at radius 2 is 0.512 bits per heavy atom. The molecule has 0 spiro atoms. The number of ether oxygens (including phenoxy) is 16. The molecule has 434 valence electrons. The van der Waals surface area contributed by atoms with E-state index in [1.807, 2.05) is 159 Å². The summed E-state index contributed by atoms with van der Waals surface area (Å²) in [6.45, 7) is 31.7. The maximum atomic E-state index is 7.04. The first-order chi connectivity index (χ1) is 37.4. The van der Waals surface area contributed by atoms with Crippen LogP contribution in [0.5, 0.6) is 0 Å². The third-order valence-electron chi connectivity index (χ3n) is 16.2. The predicted octanol–water partition coefficient (Wildman–Crippen LogP) is 10.0. The van der Waals surface area contributed by atoms with Crippen LogP contribution < -0.4 is 0 Å². The van der Waals surface area contributed by atoms with Gasteiger partial charge in [0.15, 0.2) is 46.3 Å². The number of nitrogens with one attached hydrogen (secondary N) is 2. The molecule has 0 saturated carbocycles. The van der Waals surface area contributed by atoms with E-state index in [1.165, 1.54) is 0 Å². The molecule has 8 bridgehead atoms. The number of fused-ring (bicyclic) bond motifs is 8. The molecular weight excluding hydrogens is 1030 g/mol. The lowest BCUT2D eigenvalue weighted by atomic mass is 9.98. The van der Waals surface area contributed by atoms with Gasteiger partial charge in [0, 0.05) is 44.3 Å². The Hall–Kier alpha value is -4.04. The fraction of sp³-hybridized carbons (Fsp3) is 0.667. The Balaban J connectivity index is 1.11. The number of hydrogen-bond acceptors (Lipinski definition) is 18. The van der Waals surface area contributed by atoms with Crippen LogP contribution in [-0.2, 0) is 75.8 Å². The van der Waals surface area contributed by atoms with Crippen LogP contribution in [0.2, 0.25) is 0 Å². The first-order valence-corrected chi connectivity index (χ1v) is 28.2. The van der Waals surface area contributed by atoms with Gasteiger partial charge in [0.2, 0.25) is 0 Å². The van der Waals surface area contributed by atoms with Crippen molar-refractivity contribution in [2.75, 3.05) is 26.4 Å². The molecule has 3 aromatic rings. The summed E-state index contributed by atoms with van der Waals surface area (Å²) in [6, 6.07) is 8.18. The van der Waals surface area contributed by atoms with E-state index in [0.717, 1.165) is 22.3 Å². The Bertz CT molecular complexity index is 2780. The summed E-state index contributed by atoms with van der Waals surface area (Å²) in [5, 5.41) is 0. The molecule has 20 heteroatoms. The second kappa shape index (κ2) is 18.7. The minimum absolute atomic E-state index is 0.293. The first kappa shape index (κ1) is 55.2. The SMILES string of the molecule is CC1(C)OC[C@H]([C@@H]2OC(C)(C)O[C@H]2c2c3nc(c([C@@H]4OC(C)(C)O[C@H]4[C@H]4COC(C)(C)O4)c4ccc([nH]4)c([C@@H]4OC(C)(C)O[C@H]4[C@H]4COC(C)(C)O4)c4nc(c([C@@H]5OC(C)(C)O[C@H]5[C@H]5COC(C)(C)O5)c5ccc2[nH]5)C=C4)C=C3)O1. The molecule has 13 heterocycles. The third kappa shape index (κ3) is 10.3. The fourth-order valence-electron chi connectivity index (χ4n) is 13.1. The van der Waals surface area contributed by atoms with Crippen molar-refractivity contribution in [1.82, 2.24) is 19.9 Å². The standard InChI is InChI=1S/C60H78N4O16/c1-53(2)65-25-37(69-53)45-49(77-57(9,10)73-45)41-29-17-19-31(61-29)42(50-46(74-58(11,12)78-50)38-26-66-54(3,4)70-38)33-21-23-35(63-33)44(52-48(76-60(15,16)80-52)40-28-68-56(7,8)72-40)36-24-22-34(64-36)43(32-20-18-30(41)62-32)51-47(75-59(13,14)79-51)39-27-67-55(5,6)71-39/h17-24,37-40,45-52,61,64H,25-28H2,1-16H3/t37-,38-,39-,40-,45+,46+,47+,48+,49+,50+,51+,52+/m1/s1. The normalized spacial score (nSPS) is 36.7. The molecule has 0 unspecified atom stereocenters. The second-order valence-corrected chi connectivity index (χ2v) is 26.2. The first-order valence-electron chi connectivity index (χ1n) is 28.2. The number of hydrogen-bond donors (Lipinski definition) is 2. The van der Waals surface area contributed by atoms with Crippen molar-refractivity contribution >= 4 is 46.4 Å². The number of aromatic nitrogens is 4. The summed E-state index contributed by atoms with van der Waals surface area (Å²) in [5.74, 6) is -7.47. The highest BCUT2D eigenvalue weighted by molar-refractivity contribution is 5.84. The Labute approximate surface area is 466 Å². The minimum atomic E-state index is -1.02. The average Bonchev–Trinajstić information content (AvgIpc) is 4.18. The maximum Gasteiger partial charge on any atom is 0.164 e. The van der Waals surface area contributed by atoms with Crippen molar-refractivity contribution in [2.45, 2.75) is 230 Å². The van der Waals surface area contributed by atoms with E-state index in [2.05, 4.69) is 9.97 Å². The van der Waals surface area contributed by atoms with Crippen LogP contribution in [0.25, 0.3) is 46.4 Å². The number of H-pyrrole nitrogens is 2. The van der Waals surface area contributed by atoms with Gasteiger partial charge in [-0.1, -0.05) is 0 Å². The number of rotatable bonds is 8.